The second-order valence-corrected chi connectivity index (χ2v) is 3.21. The maximum absolute atomic E-state index is 10.2. The summed E-state index contributed by atoms with van der Waals surface area (Å²) in [5.41, 5.74) is 0. The molecule has 78 valence electrons. The summed E-state index contributed by atoms with van der Waals surface area (Å²) in [6.07, 6.45) is 1.47. The molecule has 0 fully saturated rings. The van der Waals surface area contributed by atoms with Crippen LogP contribution in [0.5, 0.6) is 0 Å². The van der Waals surface area contributed by atoms with Gasteiger partial charge in [-0.3, -0.25) is 10.1 Å². The van der Waals surface area contributed by atoms with E-state index in [0.29, 0.717) is 6.54 Å². The van der Waals surface area contributed by atoms with Gasteiger partial charge in [0.1, 0.15) is 12.2 Å². The lowest BCUT2D eigenvalue weighted by Crippen LogP contribution is -2.24. The Hall–Kier alpha value is -1.43. The SMILES string of the molecule is CC(C)n1ncnc1CNCC(=O)O. The van der Waals surface area contributed by atoms with Gasteiger partial charge in [0.2, 0.25) is 0 Å². The van der Waals surface area contributed by atoms with Crippen molar-refractivity contribution in [3.8, 4) is 0 Å². The van der Waals surface area contributed by atoms with E-state index in [0.717, 1.165) is 5.82 Å². The first kappa shape index (κ1) is 10.6. The summed E-state index contributed by atoms with van der Waals surface area (Å²) < 4.78 is 1.76. The molecular formula is C8H14N4O2. The van der Waals surface area contributed by atoms with Crippen molar-refractivity contribution in [3.63, 3.8) is 0 Å². The molecule has 0 aliphatic heterocycles. The zero-order chi connectivity index (χ0) is 10.6. The zero-order valence-electron chi connectivity index (χ0n) is 8.27. The first-order valence-electron chi connectivity index (χ1n) is 4.42. The lowest BCUT2D eigenvalue weighted by atomic mass is 10.4. The second kappa shape index (κ2) is 4.71. The number of hydrogen-bond donors (Lipinski definition) is 2. The maximum Gasteiger partial charge on any atom is 0.317 e. The van der Waals surface area contributed by atoms with Crippen LogP contribution in [-0.2, 0) is 11.3 Å². The average Bonchev–Trinajstić information content (AvgIpc) is 2.51. The Morgan fingerprint density at radius 2 is 2.43 bits per heavy atom. The average molecular weight is 198 g/mol. The third kappa shape index (κ3) is 2.81. The van der Waals surface area contributed by atoms with Crippen molar-refractivity contribution in [2.45, 2.75) is 26.4 Å². The molecule has 0 saturated carbocycles. The van der Waals surface area contributed by atoms with E-state index in [4.69, 9.17) is 5.11 Å². The summed E-state index contributed by atoms with van der Waals surface area (Å²) in [5.74, 6) is -0.123. The fourth-order valence-corrected chi connectivity index (χ4v) is 1.11. The Labute approximate surface area is 82.0 Å². The fraction of sp³-hybridized carbons (Fsp3) is 0.625. The van der Waals surface area contributed by atoms with E-state index >= 15 is 0 Å². The predicted molar refractivity (Wildman–Crippen MR) is 49.7 cm³/mol. The van der Waals surface area contributed by atoms with Crippen molar-refractivity contribution in [1.82, 2.24) is 20.1 Å². The van der Waals surface area contributed by atoms with E-state index in [1.165, 1.54) is 6.33 Å². The summed E-state index contributed by atoms with van der Waals surface area (Å²) in [5, 5.41) is 15.2. The van der Waals surface area contributed by atoms with Gasteiger partial charge in [0.15, 0.2) is 0 Å². The van der Waals surface area contributed by atoms with Gasteiger partial charge in [-0.2, -0.15) is 5.10 Å². The lowest BCUT2D eigenvalue weighted by Gasteiger charge is -2.08. The zero-order valence-corrected chi connectivity index (χ0v) is 8.27. The molecule has 0 aliphatic rings. The normalized spacial score (nSPS) is 10.8. The maximum atomic E-state index is 10.2. The topological polar surface area (TPSA) is 80.0 Å². The number of carbonyl (C=O) groups is 1. The Morgan fingerprint density at radius 3 is 3.00 bits per heavy atom. The number of aromatic nitrogens is 3. The largest absolute Gasteiger partial charge is 0.480 e. The molecule has 1 heterocycles. The second-order valence-electron chi connectivity index (χ2n) is 3.21. The van der Waals surface area contributed by atoms with Crippen molar-refractivity contribution in [2.75, 3.05) is 6.54 Å². The molecule has 1 aromatic rings. The molecule has 0 bridgehead atoms. The highest BCUT2D eigenvalue weighted by molar-refractivity contribution is 5.68. The van der Waals surface area contributed by atoms with Crippen molar-refractivity contribution in [1.29, 1.82) is 0 Å². The number of rotatable bonds is 5. The standard InChI is InChI=1S/C8H14N4O2/c1-6(2)12-7(10-5-11-12)3-9-4-8(13)14/h5-6,9H,3-4H2,1-2H3,(H,13,14). The highest BCUT2D eigenvalue weighted by atomic mass is 16.4. The van der Waals surface area contributed by atoms with Gasteiger partial charge < -0.3 is 5.11 Å². The smallest absolute Gasteiger partial charge is 0.317 e. The van der Waals surface area contributed by atoms with E-state index in [9.17, 15) is 4.79 Å². The summed E-state index contributed by atoms with van der Waals surface area (Å²) in [6, 6.07) is 0.235. The Balaban J connectivity index is 2.50. The number of carboxylic acids is 1. The molecule has 0 unspecified atom stereocenters. The van der Waals surface area contributed by atoms with E-state index in [2.05, 4.69) is 15.4 Å². The van der Waals surface area contributed by atoms with E-state index in [1.54, 1.807) is 4.68 Å². The predicted octanol–water partition coefficient (Wildman–Crippen LogP) is 0.0332. The minimum absolute atomic E-state index is 0.0645. The first-order valence-corrected chi connectivity index (χ1v) is 4.42. The number of nitrogens with zero attached hydrogens (tertiary/aromatic N) is 3. The molecule has 6 nitrogen and oxygen atoms in total. The van der Waals surface area contributed by atoms with Gasteiger partial charge in [-0.1, -0.05) is 0 Å². The van der Waals surface area contributed by atoms with Crippen LogP contribution in [0.25, 0.3) is 0 Å². The summed E-state index contributed by atoms with van der Waals surface area (Å²) in [6.45, 7) is 4.35. The third-order valence-corrected chi connectivity index (χ3v) is 1.70. The van der Waals surface area contributed by atoms with Crippen LogP contribution in [-0.4, -0.2) is 32.4 Å². The van der Waals surface area contributed by atoms with Gasteiger partial charge in [-0.05, 0) is 13.8 Å². The van der Waals surface area contributed by atoms with Crippen LogP contribution in [0.2, 0.25) is 0 Å². The highest BCUT2D eigenvalue weighted by Gasteiger charge is 2.07. The Kier molecular flexibility index (Phi) is 3.58. The lowest BCUT2D eigenvalue weighted by molar-refractivity contribution is -0.136. The number of aliphatic carboxylic acids is 1. The fourth-order valence-electron chi connectivity index (χ4n) is 1.11. The monoisotopic (exact) mass is 198 g/mol. The van der Waals surface area contributed by atoms with E-state index in [1.807, 2.05) is 13.8 Å². The van der Waals surface area contributed by atoms with Crippen LogP contribution in [0.3, 0.4) is 0 Å². The van der Waals surface area contributed by atoms with Crippen molar-refractivity contribution in [3.05, 3.63) is 12.2 Å². The molecule has 1 aromatic heterocycles. The summed E-state index contributed by atoms with van der Waals surface area (Å²) in [7, 11) is 0. The molecule has 0 radical (unpaired) electrons. The van der Waals surface area contributed by atoms with Crippen LogP contribution in [0.15, 0.2) is 6.33 Å². The van der Waals surface area contributed by atoms with Gasteiger partial charge in [-0.15, -0.1) is 0 Å². The van der Waals surface area contributed by atoms with Crippen LogP contribution in [0, 0.1) is 0 Å². The number of carboxylic acid groups (broad SMARTS) is 1. The Morgan fingerprint density at radius 1 is 1.71 bits per heavy atom. The molecule has 0 aromatic carbocycles. The van der Waals surface area contributed by atoms with Crippen LogP contribution in [0.4, 0.5) is 0 Å². The molecule has 1 rings (SSSR count). The first-order chi connectivity index (χ1) is 6.61. The van der Waals surface area contributed by atoms with Crippen LogP contribution < -0.4 is 5.32 Å². The van der Waals surface area contributed by atoms with Crippen LogP contribution in [0.1, 0.15) is 25.7 Å². The van der Waals surface area contributed by atoms with Gasteiger partial charge in [-0.25, -0.2) is 9.67 Å². The number of hydrogen-bond acceptors (Lipinski definition) is 4. The van der Waals surface area contributed by atoms with Gasteiger partial charge in [0.05, 0.1) is 13.1 Å². The molecule has 0 atom stereocenters. The van der Waals surface area contributed by atoms with Crippen molar-refractivity contribution < 1.29 is 9.90 Å². The van der Waals surface area contributed by atoms with Gasteiger partial charge in [0.25, 0.3) is 0 Å². The van der Waals surface area contributed by atoms with Gasteiger partial charge >= 0.3 is 5.97 Å². The molecular weight excluding hydrogens is 184 g/mol. The molecule has 2 N–H and O–H groups in total. The minimum Gasteiger partial charge on any atom is -0.480 e. The molecule has 6 heteroatoms. The van der Waals surface area contributed by atoms with E-state index < -0.39 is 5.97 Å². The van der Waals surface area contributed by atoms with E-state index in [-0.39, 0.29) is 12.6 Å². The summed E-state index contributed by atoms with van der Waals surface area (Å²) in [4.78, 5) is 14.3. The minimum atomic E-state index is -0.874. The highest BCUT2D eigenvalue weighted by Crippen LogP contribution is 2.04. The Bertz CT molecular complexity index is 308. The van der Waals surface area contributed by atoms with Crippen molar-refractivity contribution >= 4 is 5.97 Å². The molecule has 0 saturated heterocycles. The third-order valence-electron chi connectivity index (χ3n) is 1.70. The van der Waals surface area contributed by atoms with Crippen molar-refractivity contribution in [2.24, 2.45) is 0 Å². The molecule has 0 spiro atoms. The van der Waals surface area contributed by atoms with Gasteiger partial charge in [0, 0.05) is 6.04 Å². The molecule has 0 aliphatic carbocycles. The molecule has 0 amide bonds. The summed E-state index contributed by atoms with van der Waals surface area (Å²) >= 11 is 0. The molecule has 14 heavy (non-hydrogen) atoms. The quantitative estimate of drug-likeness (QED) is 0.698. The number of nitrogens with one attached hydrogen (secondary N) is 1. The van der Waals surface area contributed by atoms with Crippen LogP contribution >= 0.6 is 0 Å².